The number of carbonyl (C=O) groups excluding carboxylic acids is 1. The van der Waals surface area contributed by atoms with Gasteiger partial charge in [-0.1, -0.05) is 30.3 Å². The van der Waals surface area contributed by atoms with Crippen molar-refractivity contribution >= 4 is 16.8 Å². The predicted molar refractivity (Wildman–Crippen MR) is 110 cm³/mol. The van der Waals surface area contributed by atoms with Crippen LogP contribution in [0.25, 0.3) is 10.9 Å². The summed E-state index contributed by atoms with van der Waals surface area (Å²) in [5, 5.41) is 0.537. The van der Waals surface area contributed by atoms with E-state index in [1.165, 1.54) is 16.5 Å². The highest BCUT2D eigenvalue weighted by molar-refractivity contribution is 5.79. The molecule has 1 amide bonds. The Labute approximate surface area is 168 Å². The van der Waals surface area contributed by atoms with Crippen molar-refractivity contribution in [1.29, 1.82) is 0 Å². The Morgan fingerprint density at radius 1 is 1.03 bits per heavy atom. The molecule has 1 saturated heterocycles. The molecule has 0 unspecified atom stereocenters. The van der Waals surface area contributed by atoms with Crippen LogP contribution >= 0.6 is 0 Å². The number of aromatic nitrogens is 2. The van der Waals surface area contributed by atoms with Crippen LogP contribution < -0.4 is 10.3 Å². The van der Waals surface area contributed by atoms with E-state index in [4.69, 9.17) is 4.74 Å². The summed E-state index contributed by atoms with van der Waals surface area (Å²) >= 11 is 0. The van der Waals surface area contributed by atoms with E-state index >= 15 is 0 Å². The highest BCUT2D eigenvalue weighted by Crippen LogP contribution is 2.39. The molecule has 3 aromatic rings. The number of fused-ring (bicyclic) bond motifs is 2. The third kappa shape index (κ3) is 3.28. The van der Waals surface area contributed by atoms with Crippen LogP contribution in [0.3, 0.4) is 0 Å². The Morgan fingerprint density at radius 3 is 2.66 bits per heavy atom. The van der Waals surface area contributed by atoms with Crippen LogP contribution in [0.15, 0.2) is 59.7 Å². The minimum absolute atomic E-state index is 0.0212. The predicted octanol–water partition coefficient (Wildman–Crippen LogP) is 2.78. The van der Waals surface area contributed by atoms with Gasteiger partial charge in [-0.2, -0.15) is 0 Å². The lowest BCUT2D eigenvalue weighted by Gasteiger charge is -2.44. The first kappa shape index (κ1) is 17.9. The lowest BCUT2D eigenvalue weighted by atomic mass is 9.83. The quantitative estimate of drug-likeness (QED) is 0.676. The van der Waals surface area contributed by atoms with Gasteiger partial charge in [0.1, 0.15) is 17.9 Å². The first-order chi connectivity index (χ1) is 14.1. The molecule has 6 heteroatoms. The first-order valence-electron chi connectivity index (χ1n) is 10.1. The smallest absolute Gasteiger partial charge is 0.261 e. The lowest BCUT2D eigenvalue weighted by Crippen LogP contribution is -2.52. The molecule has 5 rings (SSSR count). The number of ether oxygens (including phenoxy) is 1. The van der Waals surface area contributed by atoms with Crippen LogP contribution in [-0.2, 0) is 17.8 Å². The van der Waals surface area contributed by atoms with Gasteiger partial charge in [-0.15, -0.1) is 0 Å². The zero-order valence-corrected chi connectivity index (χ0v) is 16.2. The van der Waals surface area contributed by atoms with Crippen molar-refractivity contribution in [2.45, 2.75) is 37.8 Å². The van der Waals surface area contributed by atoms with Gasteiger partial charge in [0.15, 0.2) is 0 Å². The van der Waals surface area contributed by atoms with Gasteiger partial charge in [-0.05, 0) is 36.6 Å². The summed E-state index contributed by atoms with van der Waals surface area (Å²) in [7, 11) is 0. The number of nitrogens with zero attached hydrogens (tertiary/aromatic N) is 3. The highest BCUT2D eigenvalue weighted by atomic mass is 16.5. The number of carbonyl (C=O) groups is 1. The zero-order valence-electron chi connectivity index (χ0n) is 16.2. The second-order valence-corrected chi connectivity index (χ2v) is 7.97. The fourth-order valence-electron chi connectivity index (χ4n) is 4.44. The summed E-state index contributed by atoms with van der Waals surface area (Å²) in [6.07, 6.45) is 5.10. The third-order valence-electron chi connectivity index (χ3n) is 6.21. The molecule has 29 heavy (non-hydrogen) atoms. The number of hydrogen-bond donors (Lipinski definition) is 0. The number of aryl methyl sites for hydroxylation is 1. The Bertz CT molecular complexity index is 1130. The summed E-state index contributed by atoms with van der Waals surface area (Å²) in [4.78, 5) is 31.6. The maximum atomic E-state index is 12.8. The second-order valence-electron chi connectivity index (χ2n) is 7.97. The fourth-order valence-corrected chi connectivity index (χ4v) is 4.44. The average molecular weight is 389 g/mol. The van der Waals surface area contributed by atoms with E-state index in [1.807, 2.05) is 35.2 Å². The van der Waals surface area contributed by atoms with Crippen LogP contribution in [0.4, 0.5) is 0 Å². The molecule has 0 bridgehead atoms. The minimum atomic E-state index is -0.176. The zero-order chi connectivity index (χ0) is 19.8. The van der Waals surface area contributed by atoms with E-state index in [9.17, 15) is 9.59 Å². The molecule has 148 valence electrons. The molecule has 2 aliphatic rings. The number of benzene rings is 2. The molecule has 0 N–H and O–H groups in total. The van der Waals surface area contributed by atoms with E-state index in [2.05, 4.69) is 11.1 Å². The van der Waals surface area contributed by atoms with Crippen LogP contribution in [-0.4, -0.2) is 39.0 Å². The molecule has 1 spiro atoms. The molecule has 2 aliphatic heterocycles. The third-order valence-corrected chi connectivity index (χ3v) is 6.21. The normalized spacial score (nSPS) is 17.7. The van der Waals surface area contributed by atoms with Crippen molar-refractivity contribution < 1.29 is 9.53 Å². The van der Waals surface area contributed by atoms with Gasteiger partial charge in [-0.25, -0.2) is 4.98 Å². The first-order valence-corrected chi connectivity index (χ1v) is 10.1. The van der Waals surface area contributed by atoms with Crippen molar-refractivity contribution in [3.8, 4) is 5.75 Å². The van der Waals surface area contributed by atoms with Crippen LogP contribution in [0.1, 0.15) is 24.8 Å². The Morgan fingerprint density at radius 2 is 1.79 bits per heavy atom. The van der Waals surface area contributed by atoms with Crippen LogP contribution in [0.2, 0.25) is 0 Å². The molecule has 6 nitrogen and oxygen atoms in total. The molecule has 2 aromatic carbocycles. The Hall–Kier alpha value is -3.15. The van der Waals surface area contributed by atoms with E-state index in [1.54, 1.807) is 12.1 Å². The number of para-hydroxylation sites is 2. The van der Waals surface area contributed by atoms with Crippen molar-refractivity contribution in [2.24, 2.45) is 0 Å². The topological polar surface area (TPSA) is 64.4 Å². The van der Waals surface area contributed by atoms with E-state index in [-0.39, 0.29) is 23.6 Å². The molecular formula is C23H23N3O3. The SMILES string of the molecule is O=C(Cn1cnc2ccccc2c1=O)N1CCC2(CCc3ccccc3O2)CC1. The maximum absolute atomic E-state index is 12.8. The molecule has 0 radical (unpaired) electrons. The number of rotatable bonds is 2. The number of hydrogen-bond acceptors (Lipinski definition) is 4. The summed E-state index contributed by atoms with van der Waals surface area (Å²) in [6, 6.07) is 15.4. The summed E-state index contributed by atoms with van der Waals surface area (Å²) < 4.78 is 7.78. The molecular weight excluding hydrogens is 366 g/mol. The van der Waals surface area contributed by atoms with Gasteiger partial charge in [0.25, 0.3) is 5.56 Å². The van der Waals surface area contributed by atoms with Crippen molar-refractivity contribution in [3.05, 3.63) is 70.8 Å². The number of likely N-dealkylation sites (tertiary alicyclic amines) is 1. The summed E-state index contributed by atoms with van der Waals surface area (Å²) in [5.74, 6) is 0.933. The van der Waals surface area contributed by atoms with Gasteiger partial charge < -0.3 is 9.64 Å². The molecule has 0 aliphatic carbocycles. The van der Waals surface area contributed by atoms with Gasteiger partial charge in [0, 0.05) is 25.9 Å². The maximum Gasteiger partial charge on any atom is 0.261 e. The molecule has 3 heterocycles. The monoisotopic (exact) mass is 389 g/mol. The van der Waals surface area contributed by atoms with Gasteiger partial charge in [-0.3, -0.25) is 14.2 Å². The average Bonchev–Trinajstić information content (AvgIpc) is 2.76. The van der Waals surface area contributed by atoms with Crippen molar-refractivity contribution in [2.75, 3.05) is 13.1 Å². The van der Waals surface area contributed by atoms with Gasteiger partial charge >= 0.3 is 0 Å². The fraction of sp³-hybridized carbons (Fsp3) is 0.348. The van der Waals surface area contributed by atoms with E-state index in [0.29, 0.717) is 24.0 Å². The summed E-state index contributed by atoms with van der Waals surface area (Å²) in [6.45, 7) is 1.32. The number of amides is 1. The van der Waals surface area contributed by atoms with Crippen LogP contribution in [0.5, 0.6) is 5.75 Å². The minimum Gasteiger partial charge on any atom is -0.487 e. The second kappa shape index (κ2) is 7.03. The van der Waals surface area contributed by atoms with Crippen molar-refractivity contribution in [1.82, 2.24) is 14.5 Å². The van der Waals surface area contributed by atoms with E-state index < -0.39 is 0 Å². The molecule has 1 aromatic heterocycles. The molecule has 0 saturated carbocycles. The number of piperidine rings is 1. The Kier molecular flexibility index (Phi) is 4.34. The molecule has 1 fully saturated rings. The standard InChI is InChI=1S/C23H23N3O3/c27-21(15-26-16-24-19-7-3-2-6-18(19)22(26)28)25-13-11-23(12-14-25)10-9-17-5-1-4-8-20(17)29-23/h1-8,16H,9-15H2. The summed E-state index contributed by atoms with van der Waals surface area (Å²) in [5.41, 5.74) is 1.56. The highest BCUT2D eigenvalue weighted by Gasteiger charge is 2.40. The van der Waals surface area contributed by atoms with Crippen LogP contribution in [0, 0.1) is 0 Å². The lowest BCUT2D eigenvalue weighted by molar-refractivity contribution is -0.135. The largest absolute Gasteiger partial charge is 0.487 e. The van der Waals surface area contributed by atoms with Crippen molar-refractivity contribution in [3.63, 3.8) is 0 Å². The van der Waals surface area contributed by atoms with Gasteiger partial charge in [0.2, 0.25) is 5.91 Å². The molecule has 0 atom stereocenters. The van der Waals surface area contributed by atoms with E-state index in [0.717, 1.165) is 31.4 Å². The van der Waals surface area contributed by atoms with Gasteiger partial charge in [0.05, 0.1) is 17.2 Å². The Balaban J connectivity index is 1.27.